The van der Waals surface area contributed by atoms with Crippen LogP contribution in [0.5, 0.6) is 0 Å². The molecule has 7 heavy (non-hydrogen) atoms. The lowest BCUT2D eigenvalue weighted by Crippen LogP contribution is -2.00. The summed E-state index contributed by atoms with van der Waals surface area (Å²) in [5, 5.41) is 2.79. The number of nitrogens with one attached hydrogen (secondary N) is 1. The number of allylic oxidation sites excluding steroid dienone is 2. The Kier molecular flexibility index (Phi) is 3.38. The van der Waals surface area contributed by atoms with Crippen molar-refractivity contribution >= 4 is 0 Å². The van der Waals surface area contributed by atoms with E-state index in [2.05, 4.69) is 5.32 Å². The molecule has 0 aromatic rings. The molecule has 0 bridgehead atoms. The predicted molar refractivity (Wildman–Crippen MR) is 28.8 cm³/mol. The zero-order chi connectivity index (χ0) is 5.70. The van der Waals surface area contributed by atoms with Gasteiger partial charge >= 0.3 is 0 Å². The second-order valence-electron chi connectivity index (χ2n) is 1.29. The summed E-state index contributed by atoms with van der Waals surface area (Å²) in [4.78, 5) is 0. The molecule has 0 aromatic heterocycles. The summed E-state index contributed by atoms with van der Waals surface area (Å²) in [6.45, 7) is 1.44. The van der Waals surface area contributed by atoms with E-state index in [1.807, 2.05) is 6.92 Å². The summed E-state index contributed by atoms with van der Waals surface area (Å²) in [6.07, 6.45) is 1.49. The maximum absolute atomic E-state index is 11.3. The summed E-state index contributed by atoms with van der Waals surface area (Å²) in [7, 11) is 1.77. The molecule has 1 N–H and O–H groups in total. The van der Waals surface area contributed by atoms with Crippen LogP contribution in [0.1, 0.15) is 6.92 Å². The highest BCUT2D eigenvalue weighted by Crippen LogP contribution is 1.82. The Morgan fingerprint density at radius 2 is 2.43 bits per heavy atom. The Labute approximate surface area is 43.2 Å². The topological polar surface area (TPSA) is 12.0 Å². The van der Waals surface area contributed by atoms with Crippen LogP contribution in [-0.4, -0.2) is 13.7 Å². The van der Waals surface area contributed by atoms with E-state index in [-0.39, 0.29) is 6.67 Å². The number of hydrogen-bond acceptors (Lipinski definition) is 1. The second kappa shape index (κ2) is 3.65. The van der Waals surface area contributed by atoms with Crippen molar-refractivity contribution in [2.45, 2.75) is 6.92 Å². The van der Waals surface area contributed by atoms with Gasteiger partial charge in [0.05, 0.1) is 0 Å². The third kappa shape index (κ3) is 3.30. The molecule has 0 saturated heterocycles. The highest BCUT2D eigenvalue weighted by molar-refractivity contribution is 4.93. The molecule has 0 fully saturated rings. The summed E-state index contributed by atoms with van der Waals surface area (Å²) in [6, 6.07) is 0. The van der Waals surface area contributed by atoms with Gasteiger partial charge in [0.15, 0.2) is 0 Å². The molecule has 0 amide bonds. The van der Waals surface area contributed by atoms with Crippen molar-refractivity contribution in [1.82, 2.24) is 5.32 Å². The molecule has 0 atom stereocenters. The Bertz CT molecular complexity index is 68.5. The van der Waals surface area contributed by atoms with Gasteiger partial charge in [0, 0.05) is 12.7 Å². The zero-order valence-electron chi connectivity index (χ0n) is 4.66. The first-order chi connectivity index (χ1) is 3.31. The van der Waals surface area contributed by atoms with Gasteiger partial charge in [0.25, 0.3) is 0 Å². The minimum atomic E-state index is -0.382. The lowest BCUT2D eigenvalue weighted by Gasteiger charge is -1.92. The average Bonchev–Trinajstić information content (AvgIpc) is 1.68. The van der Waals surface area contributed by atoms with Gasteiger partial charge in [0.2, 0.25) is 0 Å². The normalized spacial score (nSPS) is 11.6. The van der Waals surface area contributed by atoms with Gasteiger partial charge < -0.3 is 5.32 Å². The van der Waals surface area contributed by atoms with Crippen LogP contribution in [0.4, 0.5) is 4.39 Å². The third-order valence-electron chi connectivity index (χ3n) is 0.778. The fraction of sp³-hybridized carbons (Fsp3) is 0.600. The van der Waals surface area contributed by atoms with Gasteiger partial charge in [-0.2, -0.15) is 0 Å². The monoisotopic (exact) mass is 103 g/mol. The maximum atomic E-state index is 11.3. The molecule has 42 valence electrons. The van der Waals surface area contributed by atoms with Gasteiger partial charge in [-0.25, -0.2) is 4.39 Å². The number of hydrogen-bond donors (Lipinski definition) is 1. The zero-order valence-corrected chi connectivity index (χ0v) is 4.66. The van der Waals surface area contributed by atoms with Crippen molar-refractivity contribution in [3.63, 3.8) is 0 Å². The standard InChI is InChI=1S/C5H10FN/c1-5(7-2)3-4-6/h3,7H,4H2,1-2H3/b5-3+. The molecule has 0 radical (unpaired) electrons. The molecule has 0 aliphatic carbocycles. The minimum absolute atomic E-state index is 0.382. The van der Waals surface area contributed by atoms with Crippen LogP contribution in [0.2, 0.25) is 0 Å². The third-order valence-corrected chi connectivity index (χ3v) is 0.778. The van der Waals surface area contributed by atoms with Gasteiger partial charge in [0.1, 0.15) is 6.67 Å². The van der Waals surface area contributed by atoms with E-state index in [9.17, 15) is 4.39 Å². The smallest absolute Gasteiger partial charge is 0.110 e. The van der Waals surface area contributed by atoms with E-state index in [0.29, 0.717) is 0 Å². The first-order valence-corrected chi connectivity index (χ1v) is 2.21. The number of alkyl halides is 1. The van der Waals surface area contributed by atoms with Gasteiger partial charge in [-0.15, -0.1) is 0 Å². The molecule has 0 saturated carbocycles. The van der Waals surface area contributed by atoms with Crippen molar-refractivity contribution in [2.24, 2.45) is 0 Å². The van der Waals surface area contributed by atoms with Crippen LogP contribution in [0, 0.1) is 0 Å². The Morgan fingerprint density at radius 3 is 2.57 bits per heavy atom. The fourth-order valence-corrected chi connectivity index (χ4v) is 0.218. The first kappa shape index (κ1) is 6.47. The Balaban J connectivity index is 3.29. The van der Waals surface area contributed by atoms with Crippen molar-refractivity contribution in [3.05, 3.63) is 11.8 Å². The van der Waals surface area contributed by atoms with E-state index < -0.39 is 0 Å². The van der Waals surface area contributed by atoms with Crippen LogP contribution in [-0.2, 0) is 0 Å². The highest BCUT2D eigenvalue weighted by Gasteiger charge is 1.76. The van der Waals surface area contributed by atoms with Gasteiger partial charge in [-0.05, 0) is 13.0 Å². The van der Waals surface area contributed by atoms with Crippen molar-refractivity contribution in [1.29, 1.82) is 0 Å². The molecule has 2 heteroatoms. The quantitative estimate of drug-likeness (QED) is 0.551. The summed E-state index contributed by atoms with van der Waals surface area (Å²) in [5.74, 6) is 0. The molecule has 0 aliphatic rings. The fourth-order valence-electron chi connectivity index (χ4n) is 0.218. The molecule has 0 heterocycles. The molecular formula is C5H10FN. The van der Waals surface area contributed by atoms with Crippen LogP contribution >= 0.6 is 0 Å². The second-order valence-corrected chi connectivity index (χ2v) is 1.29. The van der Waals surface area contributed by atoms with E-state index in [1.165, 1.54) is 6.08 Å². The van der Waals surface area contributed by atoms with Gasteiger partial charge in [-0.1, -0.05) is 0 Å². The molecule has 0 spiro atoms. The largest absolute Gasteiger partial charge is 0.392 e. The molecule has 0 rings (SSSR count). The molecular weight excluding hydrogens is 93.1 g/mol. The van der Waals surface area contributed by atoms with E-state index in [0.717, 1.165) is 5.70 Å². The number of halogens is 1. The summed E-state index contributed by atoms with van der Waals surface area (Å²) >= 11 is 0. The summed E-state index contributed by atoms with van der Waals surface area (Å²) < 4.78 is 11.3. The predicted octanol–water partition coefficient (Wildman–Crippen LogP) is 1.08. The molecule has 0 aliphatic heterocycles. The number of rotatable bonds is 2. The van der Waals surface area contributed by atoms with E-state index >= 15 is 0 Å². The van der Waals surface area contributed by atoms with Crippen LogP contribution in [0.25, 0.3) is 0 Å². The van der Waals surface area contributed by atoms with Crippen molar-refractivity contribution < 1.29 is 4.39 Å². The van der Waals surface area contributed by atoms with Crippen LogP contribution in [0.15, 0.2) is 11.8 Å². The summed E-state index contributed by atoms with van der Waals surface area (Å²) in [5.41, 5.74) is 0.877. The average molecular weight is 103 g/mol. The van der Waals surface area contributed by atoms with Crippen LogP contribution in [0.3, 0.4) is 0 Å². The lowest BCUT2D eigenvalue weighted by atomic mass is 10.5. The van der Waals surface area contributed by atoms with E-state index in [4.69, 9.17) is 0 Å². The van der Waals surface area contributed by atoms with Crippen molar-refractivity contribution in [3.8, 4) is 0 Å². The molecule has 0 aromatic carbocycles. The molecule has 0 unspecified atom stereocenters. The van der Waals surface area contributed by atoms with Crippen molar-refractivity contribution in [2.75, 3.05) is 13.7 Å². The lowest BCUT2D eigenvalue weighted by molar-refractivity contribution is 0.558. The Hall–Kier alpha value is -0.530. The SMILES string of the molecule is CN/C(C)=C/CF. The minimum Gasteiger partial charge on any atom is -0.392 e. The van der Waals surface area contributed by atoms with Gasteiger partial charge in [-0.3, -0.25) is 0 Å². The van der Waals surface area contributed by atoms with Crippen LogP contribution < -0.4 is 5.32 Å². The van der Waals surface area contributed by atoms with E-state index in [1.54, 1.807) is 7.05 Å². The molecule has 1 nitrogen and oxygen atoms in total. The highest BCUT2D eigenvalue weighted by atomic mass is 19.1. The first-order valence-electron chi connectivity index (χ1n) is 2.21. The maximum Gasteiger partial charge on any atom is 0.110 e. The Morgan fingerprint density at radius 1 is 1.86 bits per heavy atom.